The number of piperidine rings is 1. The highest BCUT2D eigenvalue weighted by molar-refractivity contribution is 7.13. The molecule has 0 saturated carbocycles. The van der Waals surface area contributed by atoms with Gasteiger partial charge in [-0.25, -0.2) is 4.98 Å². The first-order chi connectivity index (χ1) is 9.65. The number of likely N-dealkylation sites (tertiary alicyclic amines) is 1. The maximum absolute atomic E-state index is 12.6. The summed E-state index contributed by atoms with van der Waals surface area (Å²) in [4.78, 5) is 19.7. The summed E-state index contributed by atoms with van der Waals surface area (Å²) in [6.07, 6.45) is 3.91. The quantitative estimate of drug-likeness (QED) is 0.924. The molecular formula is C14H18N4OS. The van der Waals surface area contributed by atoms with E-state index in [1.165, 1.54) is 11.3 Å². The third-order valence-electron chi connectivity index (χ3n) is 3.77. The largest absolute Gasteiger partial charge is 0.337 e. The van der Waals surface area contributed by atoms with Crippen molar-refractivity contribution < 1.29 is 4.79 Å². The van der Waals surface area contributed by atoms with E-state index in [2.05, 4.69) is 15.2 Å². The van der Waals surface area contributed by atoms with Gasteiger partial charge in [0.05, 0.1) is 10.7 Å². The standard InChI is InChI=1S/C14H18N4OS/c1-9-13(20-10(2)16-9)14(19)18-7-3-4-11(8-18)12-5-6-15-17-12/h5-6,11H,3-4,7-8H2,1-2H3,(H,15,17)/t11-/m0/s1. The summed E-state index contributed by atoms with van der Waals surface area (Å²) in [5, 5.41) is 7.98. The summed E-state index contributed by atoms with van der Waals surface area (Å²) >= 11 is 1.49. The molecule has 6 heteroatoms. The lowest BCUT2D eigenvalue weighted by molar-refractivity contribution is 0.0710. The molecule has 1 saturated heterocycles. The second-order valence-electron chi connectivity index (χ2n) is 5.25. The number of thiazole rings is 1. The Labute approximate surface area is 122 Å². The van der Waals surface area contributed by atoms with Crippen LogP contribution < -0.4 is 0 Å². The van der Waals surface area contributed by atoms with Crippen molar-refractivity contribution in [3.05, 3.63) is 33.5 Å². The lowest BCUT2D eigenvalue weighted by atomic mass is 9.95. The molecule has 1 N–H and O–H groups in total. The molecular weight excluding hydrogens is 272 g/mol. The van der Waals surface area contributed by atoms with Crippen molar-refractivity contribution in [3.8, 4) is 0 Å². The molecule has 0 aromatic carbocycles. The first kappa shape index (κ1) is 13.3. The van der Waals surface area contributed by atoms with Crippen LogP contribution in [0.15, 0.2) is 12.3 Å². The number of H-pyrrole nitrogens is 1. The molecule has 3 rings (SSSR count). The minimum atomic E-state index is 0.123. The first-order valence-electron chi connectivity index (χ1n) is 6.87. The predicted octanol–water partition coefficient (Wildman–Crippen LogP) is 2.50. The van der Waals surface area contributed by atoms with E-state index in [0.29, 0.717) is 5.92 Å². The number of nitrogens with zero attached hydrogens (tertiary/aromatic N) is 3. The van der Waals surface area contributed by atoms with Gasteiger partial charge >= 0.3 is 0 Å². The number of aromatic nitrogens is 3. The number of aromatic amines is 1. The molecule has 0 radical (unpaired) electrons. The molecule has 2 aromatic heterocycles. The van der Waals surface area contributed by atoms with Crippen LogP contribution in [0.1, 0.15) is 44.8 Å². The number of carbonyl (C=O) groups excluding carboxylic acids is 1. The van der Waals surface area contributed by atoms with Crippen molar-refractivity contribution in [1.29, 1.82) is 0 Å². The molecule has 2 aromatic rings. The number of hydrogen-bond acceptors (Lipinski definition) is 4. The van der Waals surface area contributed by atoms with E-state index < -0.39 is 0 Å². The number of aryl methyl sites for hydroxylation is 2. The Kier molecular flexibility index (Phi) is 3.56. The van der Waals surface area contributed by atoms with E-state index in [1.54, 1.807) is 6.20 Å². The normalized spacial score (nSPS) is 19.3. The van der Waals surface area contributed by atoms with Gasteiger partial charge in [-0.2, -0.15) is 5.10 Å². The van der Waals surface area contributed by atoms with Crippen LogP contribution in [0.25, 0.3) is 0 Å². The zero-order chi connectivity index (χ0) is 14.1. The molecule has 1 atom stereocenters. The van der Waals surface area contributed by atoms with Gasteiger partial charge in [0.1, 0.15) is 4.88 Å². The average molecular weight is 290 g/mol. The van der Waals surface area contributed by atoms with E-state index >= 15 is 0 Å². The van der Waals surface area contributed by atoms with Gasteiger partial charge < -0.3 is 4.90 Å². The fourth-order valence-corrected chi connectivity index (χ4v) is 3.67. The van der Waals surface area contributed by atoms with Gasteiger partial charge in [-0.1, -0.05) is 0 Å². The van der Waals surface area contributed by atoms with Gasteiger partial charge in [0.2, 0.25) is 0 Å². The number of nitrogens with one attached hydrogen (secondary N) is 1. The van der Waals surface area contributed by atoms with Crippen molar-refractivity contribution in [2.75, 3.05) is 13.1 Å². The van der Waals surface area contributed by atoms with Gasteiger partial charge in [0, 0.05) is 30.9 Å². The van der Waals surface area contributed by atoms with Crippen LogP contribution in [-0.4, -0.2) is 39.1 Å². The summed E-state index contributed by atoms with van der Waals surface area (Å²) in [5.74, 6) is 0.488. The van der Waals surface area contributed by atoms with E-state index in [-0.39, 0.29) is 5.91 Å². The lowest BCUT2D eigenvalue weighted by Gasteiger charge is -2.32. The Morgan fingerprint density at radius 1 is 1.50 bits per heavy atom. The lowest BCUT2D eigenvalue weighted by Crippen LogP contribution is -2.39. The molecule has 5 nitrogen and oxygen atoms in total. The molecule has 1 aliphatic rings. The zero-order valence-electron chi connectivity index (χ0n) is 11.7. The zero-order valence-corrected chi connectivity index (χ0v) is 12.5. The summed E-state index contributed by atoms with van der Waals surface area (Å²) < 4.78 is 0. The molecule has 0 bridgehead atoms. The van der Waals surface area contributed by atoms with Gasteiger partial charge in [0.15, 0.2) is 0 Å². The Bertz CT molecular complexity index is 605. The highest BCUT2D eigenvalue weighted by Gasteiger charge is 2.28. The van der Waals surface area contributed by atoms with E-state index in [0.717, 1.165) is 47.2 Å². The van der Waals surface area contributed by atoms with Gasteiger partial charge in [-0.05, 0) is 32.8 Å². The van der Waals surface area contributed by atoms with Crippen molar-refractivity contribution >= 4 is 17.2 Å². The topological polar surface area (TPSA) is 61.9 Å². The Morgan fingerprint density at radius 2 is 2.35 bits per heavy atom. The van der Waals surface area contributed by atoms with Crippen LogP contribution in [0.2, 0.25) is 0 Å². The minimum Gasteiger partial charge on any atom is -0.337 e. The average Bonchev–Trinajstić information content (AvgIpc) is 3.08. The number of carbonyl (C=O) groups is 1. The Balaban J connectivity index is 1.77. The van der Waals surface area contributed by atoms with Gasteiger partial charge in [0.25, 0.3) is 5.91 Å². The van der Waals surface area contributed by atoms with Gasteiger partial charge in [-0.3, -0.25) is 9.89 Å². The van der Waals surface area contributed by atoms with E-state index in [9.17, 15) is 4.79 Å². The highest BCUT2D eigenvalue weighted by Crippen LogP contribution is 2.28. The van der Waals surface area contributed by atoms with Crippen molar-refractivity contribution in [2.45, 2.75) is 32.6 Å². The van der Waals surface area contributed by atoms with Crippen molar-refractivity contribution in [2.24, 2.45) is 0 Å². The van der Waals surface area contributed by atoms with Crippen molar-refractivity contribution in [1.82, 2.24) is 20.1 Å². The Hall–Kier alpha value is -1.69. The van der Waals surface area contributed by atoms with Crippen LogP contribution in [0.4, 0.5) is 0 Å². The summed E-state index contributed by atoms with van der Waals surface area (Å²) in [6, 6.07) is 2.00. The molecule has 1 fully saturated rings. The van der Waals surface area contributed by atoms with E-state index in [1.807, 2.05) is 24.8 Å². The maximum Gasteiger partial charge on any atom is 0.265 e. The number of amides is 1. The SMILES string of the molecule is Cc1nc(C)c(C(=O)N2CCC[C@H](c3ccn[nH]3)C2)s1. The minimum absolute atomic E-state index is 0.123. The Morgan fingerprint density at radius 3 is 3.00 bits per heavy atom. The highest BCUT2D eigenvalue weighted by atomic mass is 32.1. The second kappa shape index (κ2) is 5.36. The summed E-state index contributed by atoms with van der Waals surface area (Å²) in [6.45, 7) is 5.45. The molecule has 106 valence electrons. The second-order valence-corrected chi connectivity index (χ2v) is 6.45. The molecule has 1 amide bonds. The predicted molar refractivity (Wildman–Crippen MR) is 78.1 cm³/mol. The van der Waals surface area contributed by atoms with Crippen LogP contribution in [0.3, 0.4) is 0 Å². The van der Waals surface area contributed by atoms with Crippen LogP contribution in [-0.2, 0) is 0 Å². The third kappa shape index (κ3) is 2.47. The van der Waals surface area contributed by atoms with E-state index in [4.69, 9.17) is 0 Å². The van der Waals surface area contributed by atoms with Crippen LogP contribution in [0, 0.1) is 13.8 Å². The summed E-state index contributed by atoms with van der Waals surface area (Å²) in [7, 11) is 0. The number of hydrogen-bond donors (Lipinski definition) is 1. The number of rotatable bonds is 2. The first-order valence-corrected chi connectivity index (χ1v) is 7.69. The fourth-order valence-electron chi connectivity index (χ4n) is 2.78. The molecule has 0 spiro atoms. The van der Waals surface area contributed by atoms with Crippen LogP contribution in [0.5, 0.6) is 0 Å². The van der Waals surface area contributed by atoms with Crippen molar-refractivity contribution in [3.63, 3.8) is 0 Å². The molecule has 3 heterocycles. The smallest absolute Gasteiger partial charge is 0.265 e. The molecule has 0 unspecified atom stereocenters. The summed E-state index contributed by atoms with van der Waals surface area (Å²) in [5.41, 5.74) is 1.97. The third-order valence-corrected chi connectivity index (χ3v) is 4.83. The van der Waals surface area contributed by atoms with Gasteiger partial charge in [-0.15, -0.1) is 11.3 Å². The van der Waals surface area contributed by atoms with Crippen LogP contribution >= 0.6 is 11.3 Å². The molecule has 0 aliphatic carbocycles. The maximum atomic E-state index is 12.6. The monoisotopic (exact) mass is 290 g/mol. The fraction of sp³-hybridized carbons (Fsp3) is 0.500. The molecule has 20 heavy (non-hydrogen) atoms. The molecule has 1 aliphatic heterocycles.